The van der Waals surface area contributed by atoms with Gasteiger partial charge in [0.2, 0.25) is 5.91 Å². The Labute approximate surface area is 212 Å². The zero-order valence-corrected chi connectivity index (χ0v) is 20.9. The highest BCUT2D eigenvalue weighted by Crippen LogP contribution is 2.46. The normalized spacial score (nSPS) is 22.2. The van der Waals surface area contributed by atoms with Crippen LogP contribution >= 0.6 is 0 Å². The number of aliphatic hydroxyl groups excluding tert-OH is 1. The lowest BCUT2D eigenvalue weighted by Crippen LogP contribution is -2.38. The number of aryl methyl sites for hydroxylation is 1. The number of benzene rings is 1. The number of fused-ring (bicyclic) bond motifs is 5. The fourth-order valence-corrected chi connectivity index (χ4v) is 6.11. The van der Waals surface area contributed by atoms with Crippen molar-refractivity contribution in [1.29, 1.82) is 0 Å². The molecule has 3 aliphatic rings. The van der Waals surface area contributed by atoms with Gasteiger partial charge in [-0.3, -0.25) is 9.59 Å². The van der Waals surface area contributed by atoms with E-state index in [-0.39, 0.29) is 36.7 Å². The largest absolute Gasteiger partial charge is 0.490 e. The molecule has 1 amide bonds. The number of nitrogens with one attached hydrogen (secondary N) is 1. The zero-order valence-electron chi connectivity index (χ0n) is 20.9. The van der Waals surface area contributed by atoms with Crippen LogP contribution in [0.15, 0.2) is 29.3 Å². The van der Waals surface area contributed by atoms with Crippen LogP contribution < -0.4 is 10.9 Å². The molecule has 0 unspecified atom stereocenters. The molecule has 1 aliphatic carbocycles. The summed E-state index contributed by atoms with van der Waals surface area (Å²) in [5.74, 6) is -0.672. The van der Waals surface area contributed by atoms with Gasteiger partial charge in [-0.1, -0.05) is 13.5 Å². The Bertz CT molecular complexity index is 1610. The third-order valence-corrected chi connectivity index (χ3v) is 8.24. The van der Waals surface area contributed by atoms with E-state index in [1.165, 1.54) is 13.0 Å². The van der Waals surface area contributed by atoms with E-state index in [1.54, 1.807) is 24.5 Å². The molecule has 0 saturated carbocycles. The van der Waals surface area contributed by atoms with Crippen molar-refractivity contribution in [3.8, 4) is 11.4 Å². The molecule has 0 bridgehead atoms. The number of hydrogen-bond donors (Lipinski definition) is 3. The fraction of sp³-hybridized carbons (Fsp3) is 0.393. The Morgan fingerprint density at radius 2 is 2.14 bits per heavy atom. The molecule has 3 aromatic rings. The average Bonchev–Trinajstić information content (AvgIpc) is 3.24. The SMILES string of the molecule is C=C1OCc2c(cc3n(c2=O)Cc2c-3nc3cc(F)c(C)c4c3c2[C@@H](NC(=O)[C@H](C)O)CC4)[C@@]1(O)CC. The van der Waals surface area contributed by atoms with Crippen molar-refractivity contribution >= 4 is 16.8 Å². The van der Waals surface area contributed by atoms with E-state index in [2.05, 4.69) is 11.9 Å². The number of hydrogen-bond acceptors (Lipinski definition) is 6. The van der Waals surface area contributed by atoms with Gasteiger partial charge in [-0.15, -0.1) is 0 Å². The standard InChI is InChI=1S/C28H28FN3O5/c1-5-28(36)14(4)37-11-17-18(28)8-22-25-16(10-32(22)27(17)35)24-20(31-26(34)13(3)33)7-6-15-12(2)19(29)9-21(30-25)23(15)24/h8-9,13,20,33,36H,4-7,10-11H2,1-3H3,(H,31,34)/t13-,20-,28+/m0/s1. The lowest BCUT2D eigenvalue weighted by atomic mass is 9.81. The summed E-state index contributed by atoms with van der Waals surface area (Å²) < 4.78 is 22.1. The van der Waals surface area contributed by atoms with Gasteiger partial charge in [0.05, 0.1) is 35.1 Å². The second-order valence-electron chi connectivity index (χ2n) is 10.2. The molecule has 0 saturated heterocycles. The number of rotatable bonds is 3. The van der Waals surface area contributed by atoms with Crippen LogP contribution in [0.3, 0.4) is 0 Å². The topological polar surface area (TPSA) is 114 Å². The number of carbonyl (C=O) groups excluding carboxylic acids is 1. The lowest BCUT2D eigenvalue weighted by Gasteiger charge is -2.35. The van der Waals surface area contributed by atoms with Crippen LogP contribution in [0, 0.1) is 12.7 Å². The maximum absolute atomic E-state index is 14.9. The minimum absolute atomic E-state index is 0.00974. The first-order valence-electron chi connectivity index (χ1n) is 12.5. The summed E-state index contributed by atoms with van der Waals surface area (Å²) in [5, 5.41) is 24.9. The number of halogens is 1. The first-order chi connectivity index (χ1) is 17.6. The molecular weight excluding hydrogens is 477 g/mol. The molecule has 2 aromatic heterocycles. The summed E-state index contributed by atoms with van der Waals surface area (Å²) in [6, 6.07) is 2.73. The number of nitrogens with zero attached hydrogens (tertiary/aromatic N) is 2. The van der Waals surface area contributed by atoms with Crippen molar-refractivity contribution in [2.45, 2.75) is 70.9 Å². The maximum Gasteiger partial charge on any atom is 0.258 e. The molecule has 8 nitrogen and oxygen atoms in total. The van der Waals surface area contributed by atoms with Gasteiger partial charge in [0, 0.05) is 22.6 Å². The first-order valence-corrected chi connectivity index (χ1v) is 12.5. The van der Waals surface area contributed by atoms with Gasteiger partial charge in [0.25, 0.3) is 5.56 Å². The molecule has 192 valence electrons. The predicted molar refractivity (Wildman–Crippen MR) is 134 cm³/mol. The number of ether oxygens (including phenoxy) is 1. The van der Waals surface area contributed by atoms with Crippen LogP contribution in [0.25, 0.3) is 22.3 Å². The molecule has 6 rings (SSSR count). The Morgan fingerprint density at radius 1 is 1.38 bits per heavy atom. The molecule has 3 atom stereocenters. The van der Waals surface area contributed by atoms with Gasteiger partial charge in [-0.05, 0) is 55.9 Å². The highest BCUT2D eigenvalue weighted by atomic mass is 19.1. The summed E-state index contributed by atoms with van der Waals surface area (Å²) in [6.07, 6.45) is 0.147. The van der Waals surface area contributed by atoms with Gasteiger partial charge in [-0.2, -0.15) is 0 Å². The highest BCUT2D eigenvalue weighted by Gasteiger charge is 2.42. The van der Waals surface area contributed by atoms with Crippen molar-refractivity contribution in [2.75, 3.05) is 0 Å². The van der Waals surface area contributed by atoms with Crippen molar-refractivity contribution in [2.24, 2.45) is 0 Å². The first kappa shape index (κ1) is 23.8. The van der Waals surface area contributed by atoms with Crippen LogP contribution in [-0.4, -0.2) is 31.8 Å². The Morgan fingerprint density at radius 3 is 2.84 bits per heavy atom. The highest BCUT2D eigenvalue weighted by molar-refractivity contribution is 5.93. The van der Waals surface area contributed by atoms with Gasteiger partial charge < -0.3 is 24.8 Å². The number of aliphatic hydroxyl groups is 2. The van der Waals surface area contributed by atoms with E-state index in [1.807, 2.05) is 0 Å². The number of aromatic nitrogens is 2. The predicted octanol–water partition coefficient (Wildman–Crippen LogP) is 3.00. The summed E-state index contributed by atoms with van der Waals surface area (Å²) in [4.78, 5) is 31.0. The third kappa shape index (κ3) is 3.17. The number of amides is 1. The maximum atomic E-state index is 14.9. The minimum Gasteiger partial charge on any atom is -0.490 e. The molecule has 0 spiro atoms. The van der Waals surface area contributed by atoms with E-state index in [0.29, 0.717) is 46.4 Å². The Hall–Kier alpha value is -3.56. The quantitative estimate of drug-likeness (QED) is 0.395. The van der Waals surface area contributed by atoms with E-state index >= 15 is 0 Å². The summed E-state index contributed by atoms with van der Waals surface area (Å²) in [5.41, 5.74) is 3.45. The molecule has 37 heavy (non-hydrogen) atoms. The van der Waals surface area contributed by atoms with Gasteiger partial charge >= 0.3 is 0 Å². The monoisotopic (exact) mass is 505 g/mol. The summed E-state index contributed by atoms with van der Waals surface area (Å²) >= 11 is 0. The van der Waals surface area contributed by atoms with Gasteiger partial charge in [0.1, 0.15) is 29.9 Å². The minimum atomic E-state index is -1.51. The van der Waals surface area contributed by atoms with Crippen LogP contribution in [-0.2, 0) is 34.7 Å². The lowest BCUT2D eigenvalue weighted by molar-refractivity contribution is -0.129. The Kier molecular flexibility index (Phi) is 5.13. The molecule has 4 heterocycles. The van der Waals surface area contributed by atoms with Gasteiger partial charge in [-0.25, -0.2) is 9.37 Å². The fourth-order valence-electron chi connectivity index (χ4n) is 6.11. The van der Waals surface area contributed by atoms with Crippen LogP contribution in [0.2, 0.25) is 0 Å². The van der Waals surface area contributed by atoms with E-state index < -0.39 is 23.7 Å². The molecule has 2 aliphatic heterocycles. The summed E-state index contributed by atoms with van der Waals surface area (Å²) in [7, 11) is 0. The van der Waals surface area contributed by atoms with Crippen LogP contribution in [0.4, 0.5) is 4.39 Å². The molecule has 0 radical (unpaired) electrons. The van der Waals surface area contributed by atoms with Crippen molar-refractivity contribution in [3.63, 3.8) is 0 Å². The Balaban J connectivity index is 1.65. The number of carbonyl (C=O) groups is 1. The zero-order chi connectivity index (χ0) is 26.4. The van der Waals surface area contributed by atoms with Crippen LogP contribution in [0.5, 0.6) is 0 Å². The number of pyridine rings is 2. The second-order valence-corrected chi connectivity index (χ2v) is 10.2. The van der Waals surface area contributed by atoms with E-state index in [4.69, 9.17) is 9.72 Å². The van der Waals surface area contributed by atoms with Crippen molar-refractivity contribution in [1.82, 2.24) is 14.9 Å². The smallest absolute Gasteiger partial charge is 0.258 e. The van der Waals surface area contributed by atoms with Gasteiger partial charge in [0.15, 0.2) is 0 Å². The van der Waals surface area contributed by atoms with Crippen molar-refractivity contribution in [3.05, 3.63) is 74.0 Å². The molecular formula is C28H28FN3O5. The summed E-state index contributed by atoms with van der Waals surface area (Å²) in [6.45, 7) is 9.03. The van der Waals surface area contributed by atoms with Crippen LogP contribution in [0.1, 0.15) is 66.1 Å². The third-order valence-electron chi connectivity index (χ3n) is 8.24. The van der Waals surface area contributed by atoms with Crippen molar-refractivity contribution < 1.29 is 24.1 Å². The van der Waals surface area contributed by atoms with E-state index in [9.17, 15) is 24.2 Å². The molecule has 1 aromatic carbocycles. The second kappa shape index (κ2) is 7.97. The molecule has 9 heteroatoms. The molecule has 3 N–H and O–H groups in total. The molecule has 0 fully saturated rings. The average molecular weight is 506 g/mol. The van der Waals surface area contributed by atoms with E-state index in [0.717, 1.165) is 22.1 Å².